The normalized spacial score (nSPS) is 19.6. The van der Waals surface area contributed by atoms with E-state index < -0.39 is 5.82 Å². The van der Waals surface area contributed by atoms with Gasteiger partial charge in [0.05, 0.1) is 5.52 Å². The van der Waals surface area contributed by atoms with Crippen LogP contribution in [0.25, 0.3) is 21.8 Å². The number of halogens is 3. The van der Waals surface area contributed by atoms with Crippen LogP contribution in [-0.4, -0.2) is 21.0 Å². The Morgan fingerprint density at radius 2 is 1.85 bits per heavy atom. The average Bonchev–Trinajstić information content (AvgIpc) is 2.80. The van der Waals surface area contributed by atoms with Crippen molar-refractivity contribution >= 4 is 39.2 Å². The van der Waals surface area contributed by atoms with E-state index in [0.29, 0.717) is 23.0 Å². The first-order valence-corrected chi connectivity index (χ1v) is 11.8. The molecule has 1 atom stereocenters. The van der Waals surface area contributed by atoms with Gasteiger partial charge in [0.25, 0.3) is 0 Å². The van der Waals surface area contributed by atoms with Crippen molar-refractivity contribution in [2.75, 3.05) is 5.32 Å². The molecule has 0 amide bonds. The fourth-order valence-electron chi connectivity index (χ4n) is 5.20. The Morgan fingerprint density at radius 3 is 2.67 bits per heavy atom. The second-order valence-corrected chi connectivity index (χ2v) is 9.38. The molecule has 1 N–H and O–H groups in total. The monoisotopic (exact) mass is 466 g/mol. The molecule has 4 aromatic rings. The van der Waals surface area contributed by atoms with Crippen LogP contribution in [0, 0.1) is 17.6 Å². The molecule has 4 nitrogen and oxygen atoms in total. The van der Waals surface area contributed by atoms with Gasteiger partial charge in [0.1, 0.15) is 23.0 Å². The molecule has 33 heavy (non-hydrogen) atoms. The van der Waals surface area contributed by atoms with Crippen molar-refractivity contribution in [3.8, 4) is 0 Å². The lowest BCUT2D eigenvalue weighted by Crippen LogP contribution is -2.23. The number of fused-ring (bicyclic) bond motifs is 2. The van der Waals surface area contributed by atoms with Crippen molar-refractivity contribution in [1.29, 1.82) is 0 Å². The van der Waals surface area contributed by atoms with Gasteiger partial charge in [0.2, 0.25) is 5.28 Å². The van der Waals surface area contributed by atoms with Gasteiger partial charge in [-0.25, -0.2) is 18.7 Å². The molecule has 0 aliphatic heterocycles. The lowest BCUT2D eigenvalue weighted by Gasteiger charge is -2.31. The van der Waals surface area contributed by atoms with Crippen molar-refractivity contribution < 1.29 is 8.78 Å². The molecule has 2 heterocycles. The molecule has 0 radical (unpaired) electrons. The summed E-state index contributed by atoms with van der Waals surface area (Å²) < 4.78 is 28.0. The van der Waals surface area contributed by atoms with E-state index in [1.165, 1.54) is 17.7 Å². The van der Waals surface area contributed by atoms with Gasteiger partial charge >= 0.3 is 0 Å². The smallest absolute Gasteiger partial charge is 0.225 e. The van der Waals surface area contributed by atoms with Crippen LogP contribution in [0.5, 0.6) is 0 Å². The third-order valence-corrected chi connectivity index (χ3v) is 6.91. The molecule has 170 valence electrons. The molecule has 0 spiro atoms. The minimum atomic E-state index is -0.408. The van der Waals surface area contributed by atoms with E-state index in [1.54, 1.807) is 24.3 Å². The molecule has 1 fully saturated rings. The fraction of sp³-hybridized carbons (Fsp3) is 0.346. The number of hydrogen-bond donors (Lipinski definition) is 1. The van der Waals surface area contributed by atoms with Crippen LogP contribution in [0.15, 0.2) is 48.7 Å². The van der Waals surface area contributed by atoms with Crippen LogP contribution >= 0.6 is 11.6 Å². The molecular weight excluding hydrogens is 442 g/mol. The summed E-state index contributed by atoms with van der Waals surface area (Å²) in [6, 6.07) is 11.8. The molecule has 0 unspecified atom stereocenters. The maximum absolute atomic E-state index is 14.2. The molecule has 1 aliphatic carbocycles. The van der Waals surface area contributed by atoms with Gasteiger partial charge in [-0.2, -0.15) is 0 Å². The molecular formula is C26H25ClF2N4. The molecule has 2 aromatic carbocycles. The van der Waals surface area contributed by atoms with Crippen LogP contribution in [0.4, 0.5) is 14.6 Å². The lowest BCUT2D eigenvalue weighted by molar-refractivity contribution is 0.302. The quantitative estimate of drug-likeness (QED) is 0.314. The van der Waals surface area contributed by atoms with Crippen LogP contribution in [0.1, 0.15) is 50.5 Å². The van der Waals surface area contributed by atoms with E-state index in [0.717, 1.165) is 43.0 Å². The summed E-state index contributed by atoms with van der Waals surface area (Å²) in [7, 11) is 0. The van der Waals surface area contributed by atoms with Gasteiger partial charge in [0, 0.05) is 23.0 Å². The zero-order valence-corrected chi connectivity index (χ0v) is 19.1. The molecule has 0 bridgehead atoms. The average molecular weight is 467 g/mol. The largest absolute Gasteiger partial charge is 0.367 e. The summed E-state index contributed by atoms with van der Waals surface area (Å²) in [4.78, 5) is 12.7. The second-order valence-electron chi connectivity index (χ2n) is 9.04. The number of anilines is 1. The van der Waals surface area contributed by atoms with Gasteiger partial charge in [-0.15, -0.1) is 0 Å². The second kappa shape index (κ2) is 9.18. The van der Waals surface area contributed by atoms with Crippen LogP contribution in [0.2, 0.25) is 5.28 Å². The summed E-state index contributed by atoms with van der Waals surface area (Å²) in [5.74, 6) is 0.936. The Balaban J connectivity index is 1.25. The standard InChI is InChI=1S/C26H25ClF2N4/c1-15(31-25-20-3-2-4-22(29)24(20)32-26(27)33-25)13-16-5-7-17(8-6-16)19-11-12-30-23-10-9-18(28)14-21(19)23/h2-4,9-12,14-17H,5-8,13H2,1H3,(H,31,32,33)/t15-,16-,17+/m1/s1. The van der Waals surface area contributed by atoms with Crippen LogP contribution < -0.4 is 5.32 Å². The van der Waals surface area contributed by atoms with E-state index in [2.05, 4.69) is 27.2 Å². The predicted octanol–water partition coefficient (Wildman–Crippen LogP) is 7.27. The Morgan fingerprint density at radius 1 is 1.03 bits per heavy atom. The van der Waals surface area contributed by atoms with Gasteiger partial charge in [0.15, 0.2) is 0 Å². The van der Waals surface area contributed by atoms with Crippen molar-refractivity contribution in [3.63, 3.8) is 0 Å². The Bertz CT molecular complexity index is 1300. The minimum Gasteiger partial charge on any atom is -0.367 e. The van der Waals surface area contributed by atoms with Crippen molar-refractivity contribution in [3.05, 3.63) is 71.1 Å². The molecule has 0 saturated heterocycles. The Hall–Kier alpha value is -2.86. The first-order chi connectivity index (χ1) is 16.0. The highest BCUT2D eigenvalue weighted by Crippen LogP contribution is 2.40. The zero-order chi connectivity index (χ0) is 22.9. The Kier molecular flexibility index (Phi) is 6.11. The SMILES string of the molecule is C[C@H](C[C@H]1CC[C@@H](c2ccnc3ccc(F)cc32)CC1)Nc1nc(Cl)nc2c(F)cccc12. The summed E-state index contributed by atoms with van der Waals surface area (Å²) in [6.07, 6.45) is 7.16. The number of nitrogens with zero attached hydrogens (tertiary/aromatic N) is 3. The zero-order valence-electron chi connectivity index (χ0n) is 18.4. The van der Waals surface area contributed by atoms with Crippen molar-refractivity contribution in [2.24, 2.45) is 5.92 Å². The van der Waals surface area contributed by atoms with Crippen LogP contribution in [0.3, 0.4) is 0 Å². The van der Waals surface area contributed by atoms with Crippen molar-refractivity contribution in [1.82, 2.24) is 15.0 Å². The molecule has 5 rings (SSSR count). The summed E-state index contributed by atoms with van der Waals surface area (Å²) in [5.41, 5.74) is 2.28. The predicted molar refractivity (Wildman–Crippen MR) is 129 cm³/mol. The third-order valence-electron chi connectivity index (χ3n) is 6.74. The van der Waals surface area contributed by atoms with E-state index in [9.17, 15) is 8.78 Å². The number of nitrogens with one attached hydrogen (secondary N) is 1. The summed E-state index contributed by atoms with van der Waals surface area (Å²) in [6.45, 7) is 2.12. The number of rotatable bonds is 5. The van der Waals surface area contributed by atoms with E-state index in [1.807, 2.05) is 12.3 Å². The van der Waals surface area contributed by atoms with Gasteiger partial charge in [-0.1, -0.05) is 6.07 Å². The van der Waals surface area contributed by atoms with E-state index in [-0.39, 0.29) is 22.7 Å². The molecule has 7 heteroatoms. The number of para-hydroxylation sites is 1. The van der Waals surface area contributed by atoms with Gasteiger partial charge in [-0.3, -0.25) is 4.98 Å². The highest BCUT2D eigenvalue weighted by Gasteiger charge is 2.25. The first-order valence-electron chi connectivity index (χ1n) is 11.4. The number of aromatic nitrogens is 3. The number of hydrogen-bond acceptors (Lipinski definition) is 4. The molecule has 2 aromatic heterocycles. The topological polar surface area (TPSA) is 50.7 Å². The van der Waals surface area contributed by atoms with E-state index >= 15 is 0 Å². The third kappa shape index (κ3) is 4.62. The van der Waals surface area contributed by atoms with Crippen LogP contribution in [-0.2, 0) is 0 Å². The number of pyridine rings is 1. The fourth-order valence-corrected chi connectivity index (χ4v) is 5.37. The van der Waals surface area contributed by atoms with Crippen molar-refractivity contribution in [2.45, 2.75) is 51.0 Å². The molecule has 1 saturated carbocycles. The van der Waals surface area contributed by atoms with E-state index in [4.69, 9.17) is 11.6 Å². The Labute approximate surface area is 196 Å². The maximum Gasteiger partial charge on any atom is 0.225 e. The summed E-state index contributed by atoms with van der Waals surface area (Å²) >= 11 is 6.04. The highest BCUT2D eigenvalue weighted by atomic mass is 35.5. The first kappa shape index (κ1) is 22.0. The summed E-state index contributed by atoms with van der Waals surface area (Å²) in [5, 5.41) is 5.01. The highest BCUT2D eigenvalue weighted by molar-refractivity contribution is 6.28. The lowest BCUT2D eigenvalue weighted by atomic mass is 9.76. The maximum atomic E-state index is 14.2. The van der Waals surface area contributed by atoms with Gasteiger partial charge < -0.3 is 5.32 Å². The molecule has 1 aliphatic rings. The minimum absolute atomic E-state index is 0.0313. The number of benzene rings is 2. The van der Waals surface area contributed by atoms with Gasteiger partial charge in [-0.05, 0) is 104 Å².